The van der Waals surface area contributed by atoms with Crippen molar-refractivity contribution in [1.82, 2.24) is 19.6 Å². The summed E-state index contributed by atoms with van der Waals surface area (Å²) in [5.41, 5.74) is 1.62. The van der Waals surface area contributed by atoms with Gasteiger partial charge < -0.3 is 19.2 Å². The molecule has 9 nitrogen and oxygen atoms in total. The van der Waals surface area contributed by atoms with Gasteiger partial charge in [0.05, 0.1) is 31.7 Å². The molecule has 0 atom stereocenters. The topological polar surface area (TPSA) is 96.3 Å². The number of hydrogen-bond donors (Lipinski definition) is 1. The van der Waals surface area contributed by atoms with E-state index < -0.39 is 0 Å². The van der Waals surface area contributed by atoms with Gasteiger partial charge >= 0.3 is 0 Å². The minimum Gasteiger partial charge on any atom is -0.493 e. The van der Waals surface area contributed by atoms with Crippen LogP contribution in [-0.4, -0.2) is 32.6 Å². The fraction of sp³-hybridized carbons (Fsp3) is 0.227. The second kappa shape index (κ2) is 9.21. The molecule has 0 aliphatic carbocycles. The fourth-order valence-electron chi connectivity index (χ4n) is 3.02. The van der Waals surface area contributed by atoms with E-state index in [2.05, 4.69) is 15.5 Å². The van der Waals surface area contributed by atoms with Gasteiger partial charge in [0.25, 0.3) is 5.91 Å². The summed E-state index contributed by atoms with van der Waals surface area (Å²) in [5, 5.41) is 11.3. The van der Waals surface area contributed by atoms with Crippen molar-refractivity contribution in [1.29, 1.82) is 0 Å². The third-order valence-electron chi connectivity index (χ3n) is 4.57. The lowest BCUT2D eigenvalue weighted by Crippen LogP contribution is -2.10. The number of nitrogens with zero attached hydrogens (tertiary/aromatic N) is 4. The lowest BCUT2D eigenvalue weighted by Gasteiger charge is -2.08. The van der Waals surface area contributed by atoms with E-state index in [-0.39, 0.29) is 18.3 Å². The molecule has 0 aliphatic rings. The number of methoxy groups -OCH3 is 1. The number of aromatic nitrogens is 4. The number of rotatable bonds is 9. The molecule has 0 bridgehead atoms. The number of ether oxygens (including phenoxy) is 2. The summed E-state index contributed by atoms with van der Waals surface area (Å²) in [4.78, 5) is 12.5. The van der Waals surface area contributed by atoms with Crippen LogP contribution >= 0.6 is 0 Å². The molecular formula is C22H23N5O4. The fourth-order valence-corrected chi connectivity index (χ4v) is 3.02. The van der Waals surface area contributed by atoms with E-state index in [0.717, 1.165) is 12.1 Å². The Labute approximate surface area is 179 Å². The predicted molar refractivity (Wildman–Crippen MR) is 113 cm³/mol. The van der Waals surface area contributed by atoms with Crippen LogP contribution in [0.2, 0.25) is 0 Å². The second-order valence-corrected chi connectivity index (χ2v) is 6.79. The Morgan fingerprint density at radius 1 is 1.06 bits per heavy atom. The van der Waals surface area contributed by atoms with Crippen molar-refractivity contribution in [2.75, 3.05) is 12.4 Å². The van der Waals surface area contributed by atoms with Crippen LogP contribution in [0.25, 0.3) is 0 Å². The van der Waals surface area contributed by atoms with Gasteiger partial charge in [-0.1, -0.05) is 12.1 Å². The molecule has 0 radical (unpaired) electrons. The molecule has 0 aliphatic heterocycles. The van der Waals surface area contributed by atoms with Crippen LogP contribution in [0.15, 0.2) is 65.6 Å². The Morgan fingerprint density at radius 2 is 1.87 bits per heavy atom. The quantitative estimate of drug-likeness (QED) is 0.444. The average Bonchev–Trinajstić information content (AvgIpc) is 3.54. The summed E-state index contributed by atoms with van der Waals surface area (Å²) in [5.74, 6) is 1.59. The van der Waals surface area contributed by atoms with E-state index in [1.54, 1.807) is 48.6 Å². The molecule has 9 heteroatoms. The maximum Gasteiger partial charge on any atom is 0.291 e. The van der Waals surface area contributed by atoms with Gasteiger partial charge in [-0.05, 0) is 31.2 Å². The number of amides is 1. The zero-order valence-corrected chi connectivity index (χ0v) is 17.3. The standard InChI is InChI=1S/C22H23N5O4/c1-3-26-12-16(10-23-26)13-27-14-17(11-24-27)25-22(28)21-9-8-18(31-21)15-30-20-7-5-4-6-19(20)29-2/h4-12,14H,3,13,15H2,1-2H3,(H,25,28). The van der Waals surface area contributed by atoms with Crippen molar-refractivity contribution in [3.8, 4) is 11.5 Å². The first-order valence-corrected chi connectivity index (χ1v) is 9.84. The molecule has 3 heterocycles. The molecular weight excluding hydrogens is 398 g/mol. The Kier molecular flexibility index (Phi) is 6.02. The van der Waals surface area contributed by atoms with E-state index in [9.17, 15) is 4.79 Å². The first kappa shape index (κ1) is 20.3. The lowest BCUT2D eigenvalue weighted by atomic mass is 10.3. The van der Waals surface area contributed by atoms with Crippen molar-refractivity contribution in [3.05, 3.63) is 78.3 Å². The number of para-hydroxylation sites is 2. The molecule has 1 N–H and O–H groups in total. The first-order valence-electron chi connectivity index (χ1n) is 9.84. The maximum atomic E-state index is 12.5. The van der Waals surface area contributed by atoms with Gasteiger partial charge in [-0.2, -0.15) is 10.2 Å². The van der Waals surface area contributed by atoms with Crippen molar-refractivity contribution in [2.24, 2.45) is 0 Å². The summed E-state index contributed by atoms with van der Waals surface area (Å²) in [6.45, 7) is 3.59. The molecule has 4 aromatic rings. The Morgan fingerprint density at radius 3 is 2.65 bits per heavy atom. The van der Waals surface area contributed by atoms with Crippen LogP contribution in [0.3, 0.4) is 0 Å². The molecule has 1 aromatic carbocycles. The van der Waals surface area contributed by atoms with Gasteiger partial charge in [0, 0.05) is 24.5 Å². The van der Waals surface area contributed by atoms with Crippen molar-refractivity contribution < 1.29 is 18.7 Å². The van der Waals surface area contributed by atoms with Gasteiger partial charge in [-0.3, -0.25) is 14.2 Å². The molecule has 0 spiro atoms. The van der Waals surface area contributed by atoms with Gasteiger partial charge in [0.2, 0.25) is 0 Å². The van der Waals surface area contributed by atoms with Crippen LogP contribution in [0.1, 0.15) is 28.8 Å². The first-order chi connectivity index (χ1) is 15.1. The highest BCUT2D eigenvalue weighted by molar-refractivity contribution is 6.02. The summed E-state index contributed by atoms with van der Waals surface area (Å²) in [6.07, 6.45) is 7.13. The lowest BCUT2D eigenvalue weighted by molar-refractivity contribution is 0.0992. The molecule has 31 heavy (non-hydrogen) atoms. The highest BCUT2D eigenvalue weighted by Crippen LogP contribution is 2.27. The maximum absolute atomic E-state index is 12.5. The van der Waals surface area contributed by atoms with E-state index in [0.29, 0.717) is 29.5 Å². The van der Waals surface area contributed by atoms with Crippen molar-refractivity contribution in [2.45, 2.75) is 26.6 Å². The highest BCUT2D eigenvalue weighted by Gasteiger charge is 2.14. The SMILES string of the molecule is CCn1cc(Cn2cc(NC(=O)c3ccc(COc4ccccc4OC)o3)cn2)cn1. The van der Waals surface area contributed by atoms with Crippen molar-refractivity contribution >= 4 is 11.6 Å². The summed E-state index contributed by atoms with van der Waals surface area (Å²) in [7, 11) is 1.58. The summed E-state index contributed by atoms with van der Waals surface area (Å²) >= 11 is 0. The molecule has 1 amide bonds. The van der Waals surface area contributed by atoms with E-state index in [1.165, 1.54) is 0 Å². The number of aryl methyl sites for hydroxylation is 1. The third kappa shape index (κ3) is 4.95. The third-order valence-corrected chi connectivity index (χ3v) is 4.57. The van der Waals surface area contributed by atoms with Crippen molar-refractivity contribution in [3.63, 3.8) is 0 Å². The number of carbonyl (C=O) groups is 1. The molecule has 0 fully saturated rings. The Hall–Kier alpha value is -4.01. The molecule has 0 unspecified atom stereocenters. The number of nitrogens with one attached hydrogen (secondary N) is 1. The minimum absolute atomic E-state index is 0.178. The van der Waals surface area contributed by atoms with Crippen LogP contribution in [0.5, 0.6) is 11.5 Å². The van der Waals surface area contributed by atoms with Crippen LogP contribution < -0.4 is 14.8 Å². The summed E-state index contributed by atoms with van der Waals surface area (Å²) < 4.78 is 20.2. The highest BCUT2D eigenvalue weighted by atomic mass is 16.5. The molecule has 160 valence electrons. The molecule has 3 aromatic heterocycles. The van der Waals surface area contributed by atoms with E-state index in [1.807, 2.05) is 36.0 Å². The molecule has 0 saturated heterocycles. The van der Waals surface area contributed by atoms with Gasteiger partial charge in [-0.25, -0.2) is 0 Å². The van der Waals surface area contributed by atoms with Crippen LogP contribution in [0.4, 0.5) is 5.69 Å². The Balaban J connectivity index is 1.33. The van der Waals surface area contributed by atoms with Gasteiger partial charge in [-0.15, -0.1) is 0 Å². The predicted octanol–water partition coefficient (Wildman–Crippen LogP) is 3.58. The largest absolute Gasteiger partial charge is 0.493 e. The zero-order valence-electron chi connectivity index (χ0n) is 17.3. The Bertz CT molecular complexity index is 1160. The molecule has 4 rings (SSSR count). The van der Waals surface area contributed by atoms with E-state index >= 15 is 0 Å². The minimum atomic E-state index is -0.359. The molecule has 0 saturated carbocycles. The van der Waals surface area contributed by atoms with Crippen LogP contribution in [0, 0.1) is 0 Å². The number of anilines is 1. The summed E-state index contributed by atoms with van der Waals surface area (Å²) in [6, 6.07) is 10.7. The number of furan rings is 1. The second-order valence-electron chi connectivity index (χ2n) is 6.79. The zero-order chi connectivity index (χ0) is 21.6. The van der Waals surface area contributed by atoms with Gasteiger partial charge in [0.15, 0.2) is 17.3 Å². The number of benzene rings is 1. The number of hydrogen-bond acceptors (Lipinski definition) is 6. The van der Waals surface area contributed by atoms with E-state index in [4.69, 9.17) is 13.9 Å². The number of carbonyl (C=O) groups excluding carboxylic acids is 1. The van der Waals surface area contributed by atoms with Gasteiger partial charge in [0.1, 0.15) is 12.4 Å². The van der Waals surface area contributed by atoms with Crippen LogP contribution in [-0.2, 0) is 19.7 Å². The average molecular weight is 421 g/mol. The normalized spacial score (nSPS) is 10.8. The monoisotopic (exact) mass is 421 g/mol. The smallest absolute Gasteiger partial charge is 0.291 e.